The maximum Gasteiger partial charge on any atom is 0.331 e. The summed E-state index contributed by atoms with van der Waals surface area (Å²) in [5.41, 5.74) is 0. The van der Waals surface area contributed by atoms with Crippen molar-refractivity contribution in [1.29, 1.82) is 0 Å². The fraction of sp³-hybridized carbons (Fsp3) is 0.733. The number of carbonyl (C=O) groups is 2. The Bertz CT molecular complexity index is 311. The first-order chi connectivity index (χ1) is 9.49. The van der Waals surface area contributed by atoms with Crippen molar-refractivity contribution in [1.82, 2.24) is 0 Å². The number of aliphatic carboxylic acids is 1. The van der Waals surface area contributed by atoms with Gasteiger partial charge in [-0.25, -0.2) is 9.59 Å². The third kappa shape index (κ3) is 10.6. The fourth-order valence-electron chi connectivity index (χ4n) is 1.97. The van der Waals surface area contributed by atoms with Crippen molar-refractivity contribution in [3.63, 3.8) is 0 Å². The van der Waals surface area contributed by atoms with Crippen molar-refractivity contribution < 1.29 is 24.5 Å². The lowest BCUT2D eigenvalue weighted by Crippen LogP contribution is -2.17. The average molecular weight is 286 g/mol. The predicted octanol–water partition coefficient (Wildman–Crippen LogP) is 2.53. The molecule has 0 amide bonds. The van der Waals surface area contributed by atoms with Gasteiger partial charge in [0, 0.05) is 18.6 Å². The monoisotopic (exact) mass is 286 g/mol. The van der Waals surface area contributed by atoms with E-state index < -0.39 is 18.0 Å². The van der Waals surface area contributed by atoms with Gasteiger partial charge in [-0.05, 0) is 12.3 Å². The Morgan fingerprint density at radius 2 is 1.90 bits per heavy atom. The fourth-order valence-corrected chi connectivity index (χ4v) is 1.97. The second kappa shape index (κ2) is 11.5. The molecule has 116 valence electrons. The van der Waals surface area contributed by atoms with Crippen molar-refractivity contribution in [2.75, 3.05) is 6.61 Å². The third-order valence-corrected chi connectivity index (χ3v) is 3.21. The molecule has 0 heterocycles. The highest BCUT2D eigenvalue weighted by Gasteiger charge is 2.13. The molecular formula is C15H26O5. The Morgan fingerprint density at radius 1 is 1.20 bits per heavy atom. The summed E-state index contributed by atoms with van der Waals surface area (Å²) < 4.78 is 4.81. The Morgan fingerprint density at radius 3 is 2.45 bits per heavy atom. The summed E-state index contributed by atoms with van der Waals surface area (Å²) in [6, 6.07) is 0. The Kier molecular flexibility index (Phi) is 10.7. The van der Waals surface area contributed by atoms with Crippen molar-refractivity contribution >= 4 is 11.9 Å². The number of esters is 1. The number of rotatable bonds is 11. The Hall–Kier alpha value is -1.36. The highest BCUT2D eigenvalue weighted by molar-refractivity contribution is 5.90. The van der Waals surface area contributed by atoms with Gasteiger partial charge in [0.25, 0.3) is 0 Å². The molecule has 0 aromatic heterocycles. The van der Waals surface area contributed by atoms with Gasteiger partial charge in [0.15, 0.2) is 0 Å². The van der Waals surface area contributed by atoms with Gasteiger partial charge in [-0.3, -0.25) is 0 Å². The number of carboxylic acids is 1. The molecule has 0 rings (SSSR count). The number of carboxylic acid groups (broad SMARTS) is 1. The lowest BCUT2D eigenvalue weighted by atomic mass is 9.92. The first-order valence-electron chi connectivity index (χ1n) is 7.25. The van der Waals surface area contributed by atoms with Gasteiger partial charge in [0.05, 0.1) is 12.7 Å². The van der Waals surface area contributed by atoms with Crippen LogP contribution in [0.1, 0.15) is 52.4 Å². The molecule has 0 saturated heterocycles. The number of aliphatic hydroxyl groups excluding tert-OH is 1. The van der Waals surface area contributed by atoms with Crippen LogP contribution >= 0.6 is 0 Å². The number of hydrogen-bond acceptors (Lipinski definition) is 4. The van der Waals surface area contributed by atoms with E-state index in [1.807, 2.05) is 0 Å². The standard InChI is InChI=1S/C15H26O5/c1-3-5-6-12(4-2)11-13(16)9-10-20-15(19)8-7-14(17)18/h7-8,12-13,16H,3-6,9-11H2,1-2H3,(H,17,18)/b8-7-. The number of ether oxygens (including phenoxy) is 1. The van der Waals surface area contributed by atoms with E-state index in [1.165, 1.54) is 6.42 Å². The summed E-state index contributed by atoms with van der Waals surface area (Å²) in [5, 5.41) is 18.2. The van der Waals surface area contributed by atoms with E-state index in [2.05, 4.69) is 13.8 Å². The number of unbranched alkanes of at least 4 members (excludes halogenated alkanes) is 1. The van der Waals surface area contributed by atoms with Gasteiger partial charge < -0.3 is 14.9 Å². The molecule has 0 spiro atoms. The van der Waals surface area contributed by atoms with Crippen LogP contribution in [0.25, 0.3) is 0 Å². The summed E-state index contributed by atoms with van der Waals surface area (Å²) >= 11 is 0. The van der Waals surface area contributed by atoms with E-state index in [1.54, 1.807) is 0 Å². The molecule has 2 N–H and O–H groups in total. The van der Waals surface area contributed by atoms with Gasteiger partial charge in [-0.1, -0.05) is 39.5 Å². The molecule has 0 radical (unpaired) electrons. The largest absolute Gasteiger partial charge is 0.478 e. The number of hydrogen-bond donors (Lipinski definition) is 2. The van der Waals surface area contributed by atoms with E-state index in [0.29, 0.717) is 12.3 Å². The summed E-state index contributed by atoms with van der Waals surface area (Å²) in [6.45, 7) is 4.37. The van der Waals surface area contributed by atoms with Gasteiger partial charge >= 0.3 is 11.9 Å². The minimum atomic E-state index is -1.19. The van der Waals surface area contributed by atoms with Gasteiger partial charge in [0.2, 0.25) is 0 Å². The van der Waals surface area contributed by atoms with Crippen molar-refractivity contribution in [2.45, 2.75) is 58.5 Å². The van der Waals surface area contributed by atoms with Crippen LogP contribution in [0.2, 0.25) is 0 Å². The minimum Gasteiger partial charge on any atom is -0.478 e. The first kappa shape index (κ1) is 18.6. The molecule has 0 aromatic rings. The molecule has 0 fully saturated rings. The SMILES string of the molecule is CCCCC(CC)CC(O)CCOC(=O)/C=C\C(=O)O. The van der Waals surface area contributed by atoms with Crippen LogP contribution in [-0.4, -0.2) is 34.9 Å². The summed E-state index contributed by atoms with van der Waals surface area (Å²) in [5.74, 6) is -1.38. The molecule has 2 atom stereocenters. The smallest absolute Gasteiger partial charge is 0.331 e. The Labute approximate surface area is 120 Å². The number of carbonyl (C=O) groups excluding carboxylic acids is 1. The lowest BCUT2D eigenvalue weighted by molar-refractivity contribution is -0.139. The predicted molar refractivity (Wildman–Crippen MR) is 76.3 cm³/mol. The summed E-state index contributed by atoms with van der Waals surface area (Å²) in [7, 11) is 0. The summed E-state index contributed by atoms with van der Waals surface area (Å²) in [6.07, 6.45) is 6.70. The zero-order chi connectivity index (χ0) is 15.4. The third-order valence-electron chi connectivity index (χ3n) is 3.21. The molecule has 2 unspecified atom stereocenters. The maximum atomic E-state index is 11.1. The quantitative estimate of drug-likeness (QED) is 0.450. The topological polar surface area (TPSA) is 83.8 Å². The van der Waals surface area contributed by atoms with Crippen LogP contribution in [0.5, 0.6) is 0 Å². The van der Waals surface area contributed by atoms with Gasteiger partial charge in [-0.2, -0.15) is 0 Å². The second-order valence-electron chi connectivity index (χ2n) is 4.93. The lowest BCUT2D eigenvalue weighted by Gasteiger charge is -2.18. The van der Waals surface area contributed by atoms with E-state index in [4.69, 9.17) is 9.84 Å². The van der Waals surface area contributed by atoms with Gasteiger partial charge in [-0.15, -0.1) is 0 Å². The van der Waals surface area contributed by atoms with Gasteiger partial charge in [0.1, 0.15) is 0 Å². The molecule has 5 heteroatoms. The molecule has 0 bridgehead atoms. The normalized spacial score (nSPS) is 14.2. The van der Waals surface area contributed by atoms with Crippen molar-refractivity contribution in [2.24, 2.45) is 5.92 Å². The second-order valence-corrected chi connectivity index (χ2v) is 4.93. The molecule has 20 heavy (non-hydrogen) atoms. The molecule has 5 nitrogen and oxygen atoms in total. The van der Waals surface area contributed by atoms with E-state index in [-0.39, 0.29) is 6.61 Å². The van der Waals surface area contributed by atoms with E-state index in [9.17, 15) is 14.7 Å². The number of aliphatic hydroxyl groups is 1. The molecular weight excluding hydrogens is 260 g/mol. The van der Waals surface area contributed by atoms with Crippen LogP contribution in [0.15, 0.2) is 12.2 Å². The zero-order valence-corrected chi connectivity index (χ0v) is 12.4. The molecule has 0 aromatic carbocycles. The average Bonchev–Trinajstić information content (AvgIpc) is 2.41. The van der Waals surface area contributed by atoms with E-state index >= 15 is 0 Å². The highest BCUT2D eigenvalue weighted by atomic mass is 16.5. The minimum absolute atomic E-state index is 0.105. The van der Waals surface area contributed by atoms with E-state index in [0.717, 1.165) is 37.8 Å². The zero-order valence-electron chi connectivity index (χ0n) is 12.4. The van der Waals surface area contributed by atoms with Crippen LogP contribution in [0.3, 0.4) is 0 Å². The highest BCUT2D eigenvalue weighted by Crippen LogP contribution is 2.19. The van der Waals surface area contributed by atoms with Crippen molar-refractivity contribution in [3.8, 4) is 0 Å². The summed E-state index contributed by atoms with van der Waals surface area (Å²) in [4.78, 5) is 21.3. The first-order valence-corrected chi connectivity index (χ1v) is 7.25. The molecule has 0 aliphatic carbocycles. The Balaban J connectivity index is 3.83. The maximum absolute atomic E-state index is 11.1. The van der Waals surface area contributed by atoms with Crippen LogP contribution in [0.4, 0.5) is 0 Å². The molecule has 0 saturated carbocycles. The van der Waals surface area contributed by atoms with Crippen LogP contribution < -0.4 is 0 Å². The van der Waals surface area contributed by atoms with Crippen LogP contribution in [-0.2, 0) is 14.3 Å². The van der Waals surface area contributed by atoms with Crippen LogP contribution in [0, 0.1) is 5.92 Å². The molecule has 0 aliphatic rings. The molecule has 0 aliphatic heterocycles. The van der Waals surface area contributed by atoms with Crippen molar-refractivity contribution in [3.05, 3.63) is 12.2 Å².